The van der Waals surface area contributed by atoms with Gasteiger partial charge in [-0.25, -0.2) is 13.1 Å². The molecule has 0 unspecified atom stereocenters. The highest BCUT2D eigenvalue weighted by Gasteiger charge is 2.14. The van der Waals surface area contributed by atoms with Gasteiger partial charge in [0, 0.05) is 23.4 Å². The molecule has 0 saturated carbocycles. The molecule has 106 valence electrons. The fourth-order valence-corrected chi connectivity index (χ4v) is 3.10. The van der Waals surface area contributed by atoms with Gasteiger partial charge in [-0.1, -0.05) is 12.1 Å². The third-order valence-electron chi connectivity index (χ3n) is 2.59. The van der Waals surface area contributed by atoms with Crippen LogP contribution in [0.4, 0.5) is 0 Å². The molecule has 5 nitrogen and oxygen atoms in total. The van der Waals surface area contributed by atoms with Crippen molar-refractivity contribution in [2.75, 3.05) is 7.11 Å². The predicted molar refractivity (Wildman–Crippen MR) is 79.0 cm³/mol. The highest BCUT2D eigenvalue weighted by Crippen LogP contribution is 2.16. The lowest BCUT2D eigenvalue weighted by molar-refractivity contribution is 0.414. The number of benzene rings is 1. The molecule has 2 aromatic rings. The number of rotatable bonds is 5. The molecule has 0 aliphatic rings. The van der Waals surface area contributed by atoms with Gasteiger partial charge < -0.3 is 4.74 Å². The molecule has 1 N–H and O–H groups in total. The van der Waals surface area contributed by atoms with Gasteiger partial charge in [0.1, 0.15) is 10.6 Å². The van der Waals surface area contributed by atoms with Gasteiger partial charge in [-0.05, 0) is 39.7 Å². The Hall–Kier alpha value is -1.44. The normalized spacial score (nSPS) is 11.3. The topological polar surface area (TPSA) is 68.3 Å². The van der Waals surface area contributed by atoms with Crippen LogP contribution in [0.3, 0.4) is 0 Å². The minimum atomic E-state index is -3.58. The number of halogens is 1. The lowest BCUT2D eigenvalue weighted by Gasteiger charge is -2.08. The number of hydrogen-bond donors (Lipinski definition) is 1. The average molecular weight is 357 g/mol. The molecule has 2 rings (SSSR count). The van der Waals surface area contributed by atoms with Crippen LogP contribution in [0.1, 0.15) is 5.56 Å². The van der Waals surface area contributed by atoms with Gasteiger partial charge in [-0.3, -0.25) is 4.98 Å². The van der Waals surface area contributed by atoms with Crippen LogP contribution < -0.4 is 9.46 Å². The zero-order valence-corrected chi connectivity index (χ0v) is 13.1. The summed E-state index contributed by atoms with van der Waals surface area (Å²) in [6.45, 7) is 0.187. The quantitative estimate of drug-likeness (QED) is 0.892. The van der Waals surface area contributed by atoms with Crippen LogP contribution in [0.25, 0.3) is 0 Å². The van der Waals surface area contributed by atoms with Gasteiger partial charge in [-0.15, -0.1) is 0 Å². The number of sulfonamides is 1. The van der Waals surface area contributed by atoms with E-state index < -0.39 is 10.0 Å². The minimum absolute atomic E-state index is 0.120. The molecule has 0 aliphatic carbocycles. The summed E-state index contributed by atoms with van der Waals surface area (Å²) in [5.74, 6) is 0.686. The van der Waals surface area contributed by atoms with Gasteiger partial charge in [0.2, 0.25) is 10.0 Å². The molecule has 0 spiro atoms. The highest BCUT2D eigenvalue weighted by atomic mass is 79.9. The Morgan fingerprint density at radius 3 is 2.80 bits per heavy atom. The number of nitrogens with zero attached hydrogens (tertiary/aromatic N) is 1. The number of pyridine rings is 1. The summed E-state index contributed by atoms with van der Waals surface area (Å²) in [6, 6.07) is 8.71. The van der Waals surface area contributed by atoms with Crippen LogP contribution >= 0.6 is 15.9 Å². The van der Waals surface area contributed by atoms with Gasteiger partial charge in [-0.2, -0.15) is 0 Å². The van der Waals surface area contributed by atoms with Crippen molar-refractivity contribution >= 4 is 26.0 Å². The van der Waals surface area contributed by atoms with Crippen LogP contribution in [0, 0.1) is 0 Å². The maximum Gasteiger partial charge on any atom is 0.242 e. The first-order valence-electron chi connectivity index (χ1n) is 5.74. The Labute approximate surface area is 126 Å². The molecule has 0 aliphatic heterocycles. The number of nitrogens with one attached hydrogen (secondary N) is 1. The molecular weight excluding hydrogens is 344 g/mol. The smallest absolute Gasteiger partial charge is 0.242 e. The van der Waals surface area contributed by atoms with Crippen molar-refractivity contribution in [3.8, 4) is 5.75 Å². The summed E-state index contributed by atoms with van der Waals surface area (Å²) < 4.78 is 32.5. The Balaban J connectivity index is 2.13. The number of hydrogen-bond acceptors (Lipinski definition) is 4. The van der Waals surface area contributed by atoms with Crippen LogP contribution in [0.5, 0.6) is 5.75 Å². The molecule has 1 aromatic carbocycles. The van der Waals surface area contributed by atoms with Crippen LogP contribution in [-0.4, -0.2) is 20.5 Å². The van der Waals surface area contributed by atoms with Crippen molar-refractivity contribution in [1.82, 2.24) is 9.71 Å². The van der Waals surface area contributed by atoms with Gasteiger partial charge >= 0.3 is 0 Å². The van der Waals surface area contributed by atoms with Crippen LogP contribution in [-0.2, 0) is 16.6 Å². The fourth-order valence-electron chi connectivity index (χ4n) is 1.58. The lowest BCUT2D eigenvalue weighted by atomic mass is 10.2. The largest absolute Gasteiger partial charge is 0.497 e. The third-order valence-corrected chi connectivity index (χ3v) is 4.39. The van der Waals surface area contributed by atoms with E-state index in [0.717, 1.165) is 5.56 Å². The average Bonchev–Trinajstić information content (AvgIpc) is 2.45. The second kappa shape index (κ2) is 6.34. The number of ether oxygens (including phenoxy) is 1. The predicted octanol–water partition coefficient (Wildman–Crippen LogP) is 2.33. The van der Waals surface area contributed by atoms with Crippen molar-refractivity contribution in [3.63, 3.8) is 0 Å². The van der Waals surface area contributed by atoms with E-state index in [1.54, 1.807) is 19.2 Å². The Morgan fingerprint density at radius 1 is 1.30 bits per heavy atom. The molecule has 0 bridgehead atoms. The molecule has 20 heavy (non-hydrogen) atoms. The molecule has 0 saturated heterocycles. The maximum absolute atomic E-state index is 12.1. The van der Waals surface area contributed by atoms with E-state index in [9.17, 15) is 8.42 Å². The second-order valence-corrected chi connectivity index (χ2v) is 6.70. The van der Waals surface area contributed by atoms with Crippen molar-refractivity contribution < 1.29 is 13.2 Å². The first kappa shape index (κ1) is 15.0. The van der Waals surface area contributed by atoms with Gasteiger partial charge in [0.15, 0.2) is 0 Å². The maximum atomic E-state index is 12.1. The Morgan fingerprint density at radius 2 is 2.10 bits per heavy atom. The molecule has 7 heteroatoms. The zero-order chi connectivity index (χ0) is 14.6. The molecule has 1 heterocycles. The van der Waals surface area contributed by atoms with E-state index in [-0.39, 0.29) is 11.4 Å². The molecular formula is C13H13BrN2O3S. The first-order chi connectivity index (χ1) is 9.51. The summed E-state index contributed by atoms with van der Waals surface area (Å²) in [5, 5.41) is 0. The van der Waals surface area contributed by atoms with Gasteiger partial charge in [0.05, 0.1) is 7.11 Å². The Bertz CT molecular complexity index is 704. The van der Waals surface area contributed by atoms with E-state index in [1.807, 2.05) is 12.1 Å². The van der Waals surface area contributed by atoms with E-state index in [1.165, 1.54) is 18.5 Å². The zero-order valence-electron chi connectivity index (χ0n) is 10.7. The van der Waals surface area contributed by atoms with Gasteiger partial charge in [0.25, 0.3) is 0 Å². The minimum Gasteiger partial charge on any atom is -0.497 e. The first-order valence-corrected chi connectivity index (χ1v) is 8.02. The SMILES string of the molecule is COc1cccc(CNS(=O)(=O)c2cncc(Br)c2)c1. The Kier molecular flexibility index (Phi) is 4.74. The standard InChI is InChI=1S/C13H13BrN2O3S/c1-19-12-4-2-3-10(5-12)7-16-20(17,18)13-6-11(14)8-15-9-13/h2-6,8-9,16H,7H2,1H3. The monoisotopic (exact) mass is 356 g/mol. The summed E-state index contributed by atoms with van der Waals surface area (Å²) in [6.07, 6.45) is 2.83. The second-order valence-electron chi connectivity index (χ2n) is 4.01. The molecule has 0 atom stereocenters. The van der Waals surface area contributed by atoms with E-state index in [4.69, 9.17) is 4.74 Å². The number of aromatic nitrogens is 1. The molecule has 0 radical (unpaired) electrons. The van der Waals surface area contributed by atoms with Crippen molar-refractivity contribution in [1.29, 1.82) is 0 Å². The van der Waals surface area contributed by atoms with E-state index in [0.29, 0.717) is 10.2 Å². The third kappa shape index (κ3) is 3.78. The fraction of sp³-hybridized carbons (Fsp3) is 0.154. The lowest BCUT2D eigenvalue weighted by Crippen LogP contribution is -2.23. The summed E-state index contributed by atoms with van der Waals surface area (Å²) in [7, 11) is -2.02. The van der Waals surface area contributed by atoms with Crippen molar-refractivity contribution in [2.24, 2.45) is 0 Å². The summed E-state index contributed by atoms with van der Waals surface area (Å²) in [4.78, 5) is 3.97. The van der Waals surface area contributed by atoms with Crippen molar-refractivity contribution in [3.05, 3.63) is 52.8 Å². The molecule has 0 fully saturated rings. The van der Waals surface area contributed by atoms with Crippen molar-refractivity contribution in [2.45, 2.75) is 11.4 Å². The van der Waals surface area contributed by atoms with E-state index in [2.05, 4.69) is 25.6 Å². The molecule has 1 aromatic heterocycles. The highest BCUT2D eigenvalue weighted by molar-refractivity contribution is 9.10. The van der Waals surface area contributed by atoms with E-state index >= 15 is 0 Å². The molecule has 0 amide bonds. The van der Waals surface area contributed by atoms with Crippen LogP contribution in [0.15, 0.2) is 52.1 Å². The summed E-state index contributed by atoms with van der Waals surface area (Å²) >= 11 is 3.20. The number of methoxy groups -OCH3 is 1. The van der Waals surface area contributed by atoms with Crippen LogP contribution in [0.2, 0.25) is 0 Å². The summed E-state index contributed by atoms with van der Waals surface area (Å²) in [5.41, 5.74) is 0.816.